The summed E-state index contributed by atoms with van der Waals surface area (Å²) < 4.78 is 29.8. The van der Waals surface area contributed by atoms with Crippen LogP contribution in [0, 0.1) is 17.2 Å². The first-order valence-corrected chi connectivity index (χ1v) is 7.55. The Kier molecular flexibility index (Phi) is 5.56. The number of methoxy groups -OCH3 is 1. The summed E-state index contributed by atoms with van der Waals surface area (Å²) in [7, 11) is -2.02. The first-order chi connectivity index (χ1) is 8.49. The van der Waals surface area contributed by atoms with Crippen molar-refractivity contribution in [2.45, 2.75) is 25.7 Å². The Bertz CT molecular complexity index is 419. The summed E-state index contributed by atoms with van der Waals surface area (Å²) in [5.74, 6) is -0.473. The molecule has 1 rings (SSSR count). The molecule has 7 heteroatoms. The Hall–Kier alpha value is -1.13. The third kappa shape index (κ3) is 4.27. The SMILES string of the molecule is COC(=O)CCCS(=O)(=O)N1CCC(C#N)CC1. The number of ether oxygens (including phenoxy) is 1. The number of nitrogens with zero attached hydrogens (tertiary/aromatic N) is 2. The molecular formula is C11H18N2O4S. The monoisotopic (exact) mass is 274 g/mol. The van der Waals surface area contributed by atoms with Gasteiger partial charge in [-0.25, -0.2) is 12.7 Å². The van der Waals surface area contributed by atoms with Gasteiger partial charge in [0.15, 0.2) is 0 Å². The van der Waals surface area contributed by atoms with E-state index < -0.39 is 16.0 Å². The molecule has 1 aliphatic heterocycles. The van der Waals surface area contributed by atoms with Crippen LogP contribution >= 0.6 is 0 Å². The predicted octanol–water partition coefficient (Wildman–Crippen LogP) is 0.505. The molecule has 6 nitrogen and oxygen atoms in total. The van der Waals surface area contributed by atoms with Crippen LogP contribution in [0.4, 0.5) is 0 Å². The van der Waals surface area contributed by atoms with E-state index in [0.29, 0.717) is 25.9 Å². The number of esters is 1. The third-order valence-electron chi connectivity index (χ3n) is 3.04. The Morgan fingerprint density at radius 2 is 2.06 bits per heavy atom. The van der Waals surface area contributed by atoms with E-state index in [4.69, 9.17) is 5.26 Å². The number of carbonyl (C=O) groups excluding carboxylic acids is 1. The summed E-state index contributed by atoms with van der Waals surface area (Å²) in [6.07, 6.45) is 1.57. The van der Waals surface area contributed by atoms with Gasteiger partial charge in [-0.15, -0.1) is 0 Å². The van der Waals surface area contributed by atoms with Gasteiger partial charge in [0.05, 0.1) is 18.9 Å². The first-order valence-electron chi connectivity index (χ1n) is 5.94. The summed E-state index contributed by atoms with van der Waals surface area (Å²) in [5.41, 5.74) is 0. The summed E-state index contributed by atoms with van der Waals surface area (Å²) in [6.45, 7) is 0.803. The highest BCUT2D eigenvalue weighted by molar-refractivity contribution is 7.89. The van der Waals surface area contributed by atoms with E-state index in [0.717, 1.165) is 0 Å². The van der Waals surface area contributed by atoms with E-state index in [1.54, 1.807) is 0 Å². The second kappa shape index (κ2) is 6.71. The fraction of sp³-hybridized carbons (Fsp3) is 0.818. The van der Waals surface area contributed by atoms with Crippen LogP contribution in [0.3, 0.4) is 0 Å². The van der Waals surface area contributed by atoms with E-state index in [2.05, 4.69) is 10.8 Å². The van der Waals surface area contributed by atoms with Gasteiger partial charge in [0.25, 0.3) is 0 Å². The number of carbonyl (C=O) groups is 1. The molecule has 1 heterocycles. The minimum absolute atomic E-state index is 0.0356. The molecule has 1 aliphatic rings. The molecule has 1 saturated heterocycles. The molecule has 0 aliphatic carbocycles. The van der Waals surface area contributed by atoms with Crippen molar-refractivity contribution in [1.29, 1.82) is 5.26 Å². The van der Waals surface area contributed by atoms with Crippen LogP contribution in [0.5, 0.6) is 0 Å². The predicted molar refractivity (Wildman–Crippen MR) is 64.9 cm³/mol. The van der Waals surface area contributed by atoms with Gasteiger partial charge in [-0.1, -0.05) is 0 Å². The van der Waals surface area contributed by atoms with E-state index in [-0.39, 0.29) is 24.5 Å². The van der Waals surface area contributed by atoms with Gasteiger partial charge in [-0.05, 0) is 19.3 Å². The molecule has 0 spiro atoms. The summed E-state index contributed by atoms with van der Waals surface area (Å²) in [5, 5.41) is 8.74. The van der Waals surface area contributed by atoms with Gasteiger partial charge >= 0.3 is 5.97 Å². The van der Waals surface area contributed by atoms with Gasteiger partial charge in [-0.3, -0.25) is 4.79 Å². The molecule has 0 amide bonds. The van der Waals surface area contributed by atoms with Crippen LogP contribution in [0.1, 0.15) is 25.7 Å². The van der Waals surface area contributed by atoms with Crippen molar-refractivity contribution in [1.82, 2.24) is 4.31 Å². The van der Waals surface area contributed by atoms with Gasteiger partial charge in [0.1, 0.15) is 0 Å². The Morgan fingerprint density at radius 3 is 2.56 bits per heavy atom. The lowest BCUT2D eigenvalue weighted by molar-refractivity contribution is -0.140. The second-order valence-electron chi connectivity index (χ2n) is 4.30. The van der Waals surface area contributed by atoms with Gasteiger partial charge in [0.2, 0.25) is 10.0 Å². The Balaban J connectivity index is 2.40. The molecule has 0 aromatic heterocycles. The first kappa shape index (κ1) is 14.9. The lowest BCUT2D eigenvalue weighted by atomic mass is 10.0. The maximum absolute atomic E-state index is 11.9. The van der Waals surface area contributed by atoms with Crippen LogP contribution in [0.25, 0.3) is 0 Å². The largest absolute Gasteiger partial charge is 0.469 e. The second-order valence-corrected chi connectivity index (χ2v) is 6.39. The Labute approximate surface area is 108 Å². The smallest absolute Gasteiger partial charge is 0.305 e. The fourth-order valence-electron chi connectivity index (χ4n) is 1.89. The summed E-state index contributed by atoms with van der Waals surface area (Å²) in [4.78, 5) is 10.9. The van der Waals surface area contributed by atoms with Crippen LogP contribution in [-0.4, -0.2) is 44.6 Å². The lowest BCUT2D eigenvalue weighted by Crippen LogP contribution is -2.39. The van der Waals surface area contributed by atoms with Crippen molar-refractivity contribution in [2.75, 3.05) is 26.0 Å². The van der Waals surface area contributed by atoms with Crippen molar-refractivity contribution in [3.8, 4) is 6.07 Å². The highest BCUT2D eigenvalue weighted by Crippen LogP contribution is 2.19. The number of piperidine rings is 1. The average molecular weight is 274 g/mol. The molecule has 0 atom stereocenters. The van der Waals surface area contributed by atoms with Crippen LogP contribution < -0.4 is 0 Å². The molecule has 0 N–H and O–H groups in total. The minimum Gasteiger partial charge on any atom is -0.469 e. The average Bonchev–Trinajstić information content (AvgIpc) is 2.38. The quantitative estimate of drug-likeness (QED) is 0.681. The molecule has 0 aromatic carbocycles. The molecular weight excluding hydrogens is 256 g/mol. The highest BCUT2D eigenvalue weighted by atomic mass is 32.2. The van der Waals surface area contributed by atoms with Crippen molar-refractivity contribution in [3.63, 3.8) is 0 Å². The zero-order valence-electron chi connectivity index (χ0n) is 10.5. The zero-order chi connectivity index (χ0) is 13.6. The minimum atomic E-state index is -3.30. The molecule has 18 heavy (non-hydrogen) atoms. The number of hydrogen-bond acceptors (Lipinski definition) is 5. The van der Waals surface area contributed by atoms with E-state index >= 15 is 0 Å². The number of rotatable bonds is 5. The van der Waals surface area contributed by atoms with Crippen LogP contribution in [0.2, 0.25) is 0 Å². The molecule has 0 bridgehead atoms. The normalized spacial score (nSPS) is 18.2. The standard InChI is InChI=1S/C11H18N2O4S/c1-17-11(14)3-2-8-18(15,16)13-6-4-10(9-12)5-7-13/h10H,2-8H2,1H3. The summed E-state index contributed by atoms with van der Waals surface area (Å²) in [6, 6.07) is 2.16. The van der Waals surface area contributed by atoms with Crippen LogP contribution in [0.15, 0.2) is 0 Å². The maximum Gasteiger partial charge on any atom is 0.305 e. The molecule has 0 unspecified atom stereocenters. The highest BCUT2D eigenvalue weighted by Gasteiger charge is 2.27. The third-order valence-corrected chi connectivity index (χ3v) is 5.00. The number of sulfonamides is 1. The fourth-order valence-corrected chi connectivity index (χ4v) is 3.43. The van der Waals surface area contributed by atoms with E-state index in [9.17, 15) is 13.2 Å². The molecule has 102 valence electrons. The van der Waals surface area contributed by atoms with Crippen molar-refractivity contribution < 1.29 is 17.9 Å². The number of nitriles is 1. The van der Waals surface area contributed by atoms with Gasteiger partial charge in [0, 0.05) is 25.4 Å². The van der Waals surface area contributed by atoms with Gasteiger partial charge in [-0.2, -0.15) is 5.26 Å². The molecule has 0 saturated carbocycles. The van der Waals surface area contributed by atoms with E-state index in [1.807, 2.05) is 0 Å². The maximum atomic E-state index is 11.9. The molecule has 0 radical (unpaired) electrons. The summed E-state index contributed by atoms with van der Waals surface area (Å²) >= 11 is 0. The van der Waals surface area contributed by atoms with Crippen molar-refractivity contribution in [2.24, 2.45) is 5.92 Å². The Morgan fingerprint density at radius 1 is 1.44 bits per heavy atom. The zero-order valence-corrected chi connectivity index (χ0v) is 11.3. The molecule has 0 aromatic rings. The van der Waals surface area contributed by atoms with Crippen molar-refractivity contribution in [3.05, 3.63) is 0 Å². The van der Waals surface area contributed by atoms with Gasteiger partial charge < -0.3 is 4.74 Å². The van der Waals surface area contributed by atoms with Crippen LogP contribution in [-0.2, 0) is 19.6 Å². The molecule has 1 fully saturated rings. The van der Waals surface area contributed by atoms with Crippen molar-refractivity contribution >= 4 is 16.0 Å². The number of hydrogen-bond donors (Lipinski definition) is 0. The lowest BCUT2D eigenvalue weighted by Gasteiger charge is -2.28. The topological polar surface area (TPSA) is 87.5 Å². The van der Waals surface area contributed by atoms with E-state index in [1.165, 1.54) is 11.4 Å².